The first-order valence-corrected chi connectivity index (χ1v) is 13.1. The summed E-state index contributed by atoms with van der Waals surface area (Å²) in [4.78, 5) is 31.6. The molecule has 10 heteroatoms. The zero-order valence-electron chi connectivity index (χ0n) is 21.5. The Balaban J connectivity index is 1.19. The standard InChI is InChI=1S/C28H34N4O6/c1-36-26(34)14-21(19-5-6-24-25(13-19)38-17-37-24)11-18-7-9-32(10-8-18)27(35)20-3-2-4-22(12-20)31-28-29-15-23(33)16-30-28/h2-6,12-13,18,21,23,33H,7-11,14-17H2,1H3,(H2,29,30,31). The summed E-state index contributed by atoms with van der Waals surface area (Å²) in [7, 11) is 1.41. The molecule has 1 saturated heterocycles. The van der Waals surface area contributed by atoms with E-state index in [0.717, 1.165) is 36.3 Å². The molecule has 10 nitrogen and oxygen atoms in total. The number of aliphatic hydroxyl groups is 1. The number of amides is 1. The van der Waals surface area contributed by atoms with Crippen molar-refractivity contribution >= 4 is 23.5 Å². The fraction of sp³-hybridized carbons (Fsp3) is 0.464. The third-order valence-electron chi connectivity index (χ3n) is 7.37. The van der Waals surface area contributed by atoms with E-state index in [1.807, 2.05) is 47.4 Å². The average molecular weight is 523 g/mol. The van der Waals surface area contributed by atoms with E-state index in [-0.39, 0.29) is 24.6 Å². The van der Waals surface area contributed by atoms with Crippen LogP contribution in [0.5, 0.6) is 11.5 Å². The molecule has 2 atom stereocenters. The molecule has 1 amide bonds. The number of hydrogen-bond donors (Lipinski definition) is 3. The van der Waals surface area contributed by atoms with Crippen LogP contribution in [0.1, 0.15) is 47.5 Å². The van der Waals surface area contributed by atoms with Crippen LogP contribution < -0.4 is 20.1 Å². The minimum Gasteiger partial charge on any atom is -0.469 e. The van der Waals surface area contributed by atoms with Gasteiger partial charge in [0.1, 0.15) is 0 Å². The zero-order valence-corrected chi connectivity index (χ0v) is 21.5. The monoisotopic (exact) mass is 522 g/mol. The van der Waals surface area contributed by atoms with Crippen LogP contribution in [0.2, 0.25) is 0 Å². The van der Waals surface area contributed by atoms with Gasteiger partial charge in [-0.25, -0.2) is 0 Å². The summed E-state index contributed by atoms with van der Waals surface area (Å²) in [5.74, 6) is 2.17. The second kappa shape index (κ2) is 11.7. The number of fused-ring (bicyclic) bond motifs is 1. The predicted octanol–water partition coefficient (Wildman–Crippen LogP) is 2.74. The SMILES string of the molecule is COC(=O)CC(CC1CCN(C(=O)c2cccc(NC3=NCC(O)CN3)c2)CC1)c1ccc2c(c1)OCO2. The average Bonchev–Trinajstić information content (AvgIpc) is 3.42. The van der Waals surface area contributed by atoms with E-state index in [1.165, 1.54) is 7.11 Å². The number of carbonyl (C=O) groups is 2. The molecule has 3 aliphatic rings. The fourth-order valence-electron chi connectivity index (χ4n) is 5.23. The highest BCUT2D eigenvalue weighted by atomic mass is 16.7. The normalized spacial score (nSPS) is 19.8. The number of anilines is 1. The molecule has 2 unspecified atom stereocenters. The lowest BCUT2D eigenvalue weighted by molar-refractivity contribution is -0.141. The van der Waals surface area contributed by atoms with Crippen molar-refractivity contribution in [1.29, 1.82) is 0 Å². The summed E-state index contributed by atoms with van der Waals surface area (Å²) >= 11 is 0. The number of hydrogen-bond acceptors (Lipinski definition) is 9. The Morgan fingerprint density at radius 2 is 2.00 bits per heavy atom. The van der Waals surface area contributed by atoms with Gasteiger partial charge in [-0.3, -0.25) is 14.6 Å². The van der Waals surface area contributed by atoms with Gasteiger partial charge in [0.2, 0.25) is 6.79 Å². The highest BCUT2D eigenvalue weighted by Gasteiger charge is 2.28. The van der Waals surface area contributed by atoms with Gasteiger partial charge in [0, 0.05) is 30.9 Å². The number of ether oxygens (including phenoxy) is 3. The highest BCUT2D eigenvalue weighted by Crippen LogP contribution is 2.39. The molecule has 3 N–H and O–H groups in total. The van der Waals surface area contributed by atoms with Crippen molar-refractivity contribution in [2.24, 2.45) is 10.9 Å². The van der Waals surface area contributed by atoms with Crippen LogP contribution in [0, 0.1) is 5.92 Å². The highest BCUT2D eigenvalue weighted by molar-refractivity contribution is 5.98. The number of benzene rings is 2. The van der Waals surface area contributed by atoms with E-state index in [0.29, 0.717) is 55.8 Å². The van der Waals surface area contributed by atoms with Crippen molar-refractivity contribution in [3.8, 4) is 11.5 Å². The molecule has 0 aliphatic carbocycles. The number of guanidine groups is 1. The van der Waals surface area contributed by atoms with E-state index in [1.54, 1.807) is 0 Å². The van der Waals surface area contributed by atoms with E-state index in [2.05, 4.69) is 15.6 Å². The van der Waals surface area contributed by atoms with Gasteiger partial charge in [-0.05, 0) is 67.0 Å². The molecule has 0 saturated carbocycles. The summed E-state index contributed by atoms with van der Waals surface area (Å²) in [5.41, 5.74) is 2.42. The number of piperidine rings is 1. The summed E-state index contributed by atoms with van der Waals surface area (Å²) in [6.45, 7) is 2.33. The molecule has 0 radical (unpaired) electrons. The molecule has 3 heterocycles. The van der Waals surface area contributed by atoms with E-state index in [4.69, 9.17) is 14.2 Å². The number of β-amino-alcohol motifs (C(OH)–C–C–N with tert-alkyl or cyclic N) is 1. The molecular weight excluding hydrogens is 488 g/mol. The molecule has 0 spiro atoms. The van der Waals surface area contributed by atoms with Gasteiger partial charge in [0.15, 0.2) is 17.5 Å². The Bertz CT molecular complexity index is 1190. The van der Waals surface area contributed by atoms with Crippen molar-refractivity contribution in [3.05, 3.63) is 53.6 Å². The van der Waals surface area contributed by atoms with Crippen molar-refractivity contribution in [1.82, 2.24) is 10.2 Å². The van der Waals surface area contributed by atoms with Crippen molar-refractivity contribution in [2.75, 3.05) is 45.4 Å². The van der Waals surface area contributed by atoms with Crippen LogP contribution in [-0.2, 0) is 9.53 Å². The molecular formula is C28H34N4O6. The van der Waals surface area contributed by atoms with Gasteiger partial charge in [0.05, 0.1) is 26.2 Å². The topological polar surface area (TPSA) is 122 Å². The number of likely N-dealkylation sites (tertiary alicyclic amines) is 1. The third kappa shape index (κ3) is 6.19. The minimum atomic E-state index is -0.482. The molecule has 1 fully saturated rings. The van der Waals surface area contributed by atoms with Crippen molar-refractivity contribution in [3.63, 3.8) is 0 Å². The van der Waals surface area contributed by atoms with Gasteiger partial charge in [-0.15, -0.1) is 0 Å². The summed E-state index contributed by atoms with van der Waals surface area (Å²) in [6, 6.07) is 13.2. The van der Waals surface area contributed by atoms with Crippen molar-refractivity contribution in [2.45, 2.75) is 37.7 Å². The predicted molar refractivity (Wildman–Crippen MR) is 142 cm³/mol. The van der Waals surface area contributed by atoms with Gasteiger partial charge < -0.3 is 34.9 Å². The van der Waals surface area contributed by atoms with Gasteiger partial charge >= 0.3 is 5.97 Å². The first-order valence-electron chi connectivity index (χ1n) is 13.1. The fourth-order valence-corrected chi connectivity index (χ4v) is 5.23. The van der Waals surface area contributed by atoms with Crippen molar-refractivity contribution < 1.29 is 28.9 Å². The van der Waals surface area contributed by atoms with Crippen LogP contribution in [0.25, 0.3) is 0 Å². The molecule has 2 aromatic rings. The van der Waals surface area contributed by atoms with Crippen LogP contribution in [0.3, 0.4) is 0 Å². The molecule has 2 aromatic carbocycles. The number of aliphatic hydroxyl groups excluding tert-OH is 1. The minimum absolute atomic E-state index is 0.00273. The summed E-state index contributed by atoms with van der Waals surface area (Å²) in [6.07, 6.45) is 2.39. The second-order valence-electron chi connectivity index (χ2n) is 9.99. The molecule has 0 aromatic heterocycles. The second-order valence-corrected chi connectivity index (χ2v) is 9.99. The first kappa shape index (κ1) is 25.8. The number of carbonyl (C=O) groups excluding carboxylic acids is 2. The van der Waals surface area contributed by atoms with Crippen LogP contribution >= 0.6 is 0 Å². The smallest absolute Gasteiger partial charge is 0.306 e. The van der Waals surface area contributed by atoms with Crippen LogP contribution in [0.15, 0.2) is 47.5 Å². The number of nitrogens with zero attached hydrogens (tertiary/aromatic N) is 2. The lowest BCUT2D eigenvalue weighted by atomic mass is 9.82. The van der Waals surface area contributed by atoms with E-state index >= 15 is 0 Å². The van der Waals surface area contributed by atoms with E-state index in [9.17, 15) is 14.7 Å². The van der Waals surface area contributed by atoms with E-state index < -0.39 is 6.10 Å². The lowest BCUT2D eigenvalue weighted by Crippen LogP contribution is -2.42. The number of rotatable bonds is 7. The quantitative estimate of drug-likeness (QED) is 0.475. The Morgan fingerprint density at radius 3 is 2.76 bits per heavy atom. The van der Waals surface area contributed by atoms with Crippen LogP contribution in [0.4, 0.5) is 5.69 Å². The Hall–Kier alpha value is -3.79. The number of nitrogens with one attached hydrogen (secondary N) is 2. The van der Waals surface area contributed by atoms with Gasteiger partial charge in [0.25, 0.3) is 5.91 Å². The number of esters is 1. The number of methoxy groups -OCH3 is 1. The van der Waals surface area contributed by atoms with Gasteiger partial charge in [-0.2, -0.15) is 0 Å². The first-order chi connectivity index (χ1) is 18.5. The molecule has 0 bridgehead atoms. The maximum Gasteiger partial charge on any atom is 0.306 e. The lowest BCUT2D eigenvalue weighted by Gasteiger charge is -2.34. The summed E-state index contributed by atoms with van der Waals surface area (Å²) < 4.78 is 15.9. The maximum absolute atomic E-state index is 13.3. The number of aliphatic imine (C=N–C) groups is 1. The van der Waals surface area contributed by atoms with Gasteiger partial charge in [-0.1, -0.05) is 12.1 Å². The Labute approximate surface area is 222 Å². The molecule has 202 valence electrons. The molecule has 3 aliphatic heterocycles. The zero-order chi connectivity index (χ0) is 26.5. The maximum atomic E-state index is 13.3. The molecule has 38 heavy (non-hydrogen) atoms. The Morgan fingerprint density at radius 1 is 1.18 bits per heavy atom. The summed E-state index contributed by atoms with van der Waals surface area (Å²) in [5, 5.41) is 15.8. The molecule has 5 rings (SSSR count). The van der Waals surface area contributed by atoms with Crippen LogP contribution in [-0.4, -0.2) is 74.0 Å². The largest absolute Gasteiger partial charge is 0.469 e. The third-order valence-corrected chi connectivity index (χ3v) is 7.37. The Kier molecular flexibility index (Phi) is 7.97.